The zero-order valence-electron chi connectivity index (χ0n) is 10.5. The molecule has 1 fully saturated rings. The van der Waals surface area contributed by atoms with Crippen LogP contribution < -0.4 is 10.5 Å². The molecule has 6 heteroatoms. The van der Waals surface area contributed by atoms with Crippen molar-refractivity contribution in [3.8, 4) is 5.75 Å². The molecule has 2 rings (SSSR count). The molecule has 0 atom stereocenters. The van der Waals surface area contributed by atoms with E-state index < -0.39 is 6.36 Å². The highest BCUT2D eigenvalue weighted by molar-refractivity contribution is 5.28. The molecule has 0 aromatic heterocycles. The minimum Gasteiger partial charge on any atom is -0.406 e. The Balaban J connectivity index is 0.00000200. The van der Waals surface area contributed by atoms with E-state index in [2.05, 4.69) is 9.64 Å². The number of likely N-dealkylation sites (tertiary alicyclic amines) is 1. The third-order valence-corrected chi connectivity index (χ3v) is 3.17. The van der Waals surface area contributed by atoms with Crippen LogP contribution in [0.3, 0.4) is 0 Å². The third kappa shape index (κ3) is 5.38. The maximum atomic E-state index is 12.1. The molecule has 1 aliphatic rings. The van der Waals surface area contributed by atoms with Crippen LogP contribution in [-0.2, 0) is 6.54 Å². The van der Waals surface area contributed by atoms with E-state index in [-0.39, 0.29) is 19.2 Å². The van der Waals surface area contributed by atoms with Gasteiger partial charge in [0.05, 0.1) is 0 Å². The van der Waals surface area contributed by atoms with Crippen LogP contribution in [0.15, 0.2) is 24.3 Å². The SMILES string of the molecule is C.NC1CCN(Cc2cccc(OC(F)(F)F)c2)CC1. The van der Waals surface area contributed by atoms with Crippen LogP contribution in [0.4, 0.5) is 13.2 Å². The second-order valence-corrected chi connectivity index (χ2v) is 4.81. The molecule has 0 saturated carbocycles. The largest absolute Gasteiger partial charge is 0.573 e. The van der Waals surface area contributed by atoms with Crippen LogP contribution in [0.25, 0.3) is 0 Å². The lowest BCUT2D eigenvalue weighted by Gasteiger charge is -2.30. The number of nitrogens with zero attached hydrogens (tertiary/aromatic N) is 1. The number of benzene rings is 1. The summed E-state index contributed by atoms with van der Waals surface area (Å²) in [5.74, 6) is -0.168. The van der Waals surface area contributed by atoms with E-state index in [1.807, 2.05) is 0 Å². The van der Waals surface area contributed by atoms with Gasteiger partial charge in [0, 0.05) is 12.6 Å². The molecule has 3 nitrogen and oxygen atoms in total. The molecule has 0 aliphatic carbocycles. The van der Waals surface area contributed by atoms with Crippen LogP contribution in [-0.4, -0.2) is 30.4 Å². The zero-order valence-corrected chi connectivity index (χ0v) is 10.5. The Hall–Kier alpha value is -1.27. The number of alkyl halides is 3. The van der Waals surface area contributed by atoms with Gasteiger partial charge in [-0.2, -0.15) is 0 Å². The minimum absolute atomic E-state index is 0. The van der Waals surface area contributed by atoms with Crippen molar-refractivity contribution in [1.82, 2.24) is 4.90 Å². The smallest absolute Gasteiger partial charge is 0.406 e. The molecule has 1 heterocycles. The van der Waals surface area contributed by atoms with Crippen molar-refractivity contribution in [2.24, 2.45) is 5.73 Å². The average molecular weight is 290 g/mol. The van der Waals surface area contributed by atoms with Gasteiger partial charge in [-0.25, -0.2) is 0 Å². The summed E-state index contributed by atoms with van der Waals surface area (Å²) in [4.78, 5) is 2.19. The number of nitrogens with two attached hydrogens (primary N) is 1. The number of piperidine rings is 1. The monoisotopic (exact) mass is 290 g/mol. The van der Waals surface area contributed by atoms with Gasteiger partial charge in [0.1, 0.15) is 5.75 Å². The molecule has 2 N–H and O–H groups in total. The van der Waals surface area contributed by atoms with Crippen molar-refractivity contribution in [2.75, 3.05) is 13.1 Å². The van der Waals surface area contributed by atoms with E-state index in [1.165, 1.54) is 12.1 Å². The molecule has 0 bridgehead atoms. The van der Waals surface area contributed by atoms with Crippen molar-refractivity contribution in [3.05, 3.63) is 29.8 Å². The molecule has 1 aromatic carbocycles. The van der Waals surface area contributed by atoms with Crippen molar-refractivity contribution >= 4 is 0 Å². The first-order chi connectivity index (χ1) is 8.92. The highest BCUT2D eigenvalue weighted by Crippen LogP contribution is 2.24. The van der Waals surface area contributed by atoms with Gasteiger partial charge in [-0.3, -0.25) is 4.90 Å². The van der Waals surface area contributed by atoms with Gasteiger partial charge >= 0.3 is 6.36 Å². The fourth-order valence-electron chi connectivity index (χ4n) is 2.21. The second-order valence-electron chi connectivity index (χ2n) is 4.81. The molecule has 20 heavy (non-hydrogen) atoms. The van der Waals surface area contributed by atoms with Gasteiger partial charge in [0.2, 0.25) is 0 Å². The quantitative estimate of drug-likeness (QED) is 0.929. The molecule has 114 valence electrons. The summed E-state index contributed by atoms with van der Waals surface area (Å²) in [5.41, 5.74) is 6.63. The Kier molecular flexibility index (Phi) is 5.83. The maximum absolute atomic E-state index is 12.1. The van der Waals surface area contributed by atoms with Gasteiger partial charge in [0.25, 0.3) is 0 Å². The zero-order chi connectivity index (χ0) is 13.9. The molecule has 1 aromatic rings. The fourth-order valence-corrected chi connectivity index (χ4v) is 2.21. The molecular weight excluding hydrogens is 269 g/mol. The number of ether oxygens (including phenoxy) is 1. The number of halogens is 3. The number of hydrogen-bond donors (Lipinski definition) is 1. The van der Waals surface area contributed by atoms with Gasteiger partial charge < -0.3 is 10.5 Å². The third-order valence-electron chi connectivity index (χ3n) is 3.17. The summed E-state index contributed by atoms with van der Waals surface area (Å²) in [5, 5.41) is 0. The van der Waals surface area contributed by atoms with E-state index in [0.717, 1.165) is 31.5 Å². The first-order valence-electron chi connectivity index (χ1n) is 6.25. The number of rotatable bonds is 3. The fraction of sp³-hybridized carbons (Fsp3) is 0.571. The average Bonchev–Trinajstić information content (AvgIpc) is 2.30. The van der Waals surface area contributed by atoms with Gasteiger partial charge in [-0.05, 0) is 43.6 Å². The normalized spacial score (nSPS) is 17.6. The Bertz CT molecular complexity index is 415. The van der Waals surface area contributed by atoms with Crippen molar-refractivity contribution in [2.45, 2.75) is 39.2 Å². The summed E-state index contributed by atoms with van der Waals surface area (Å²) in [7, 11) is 0. The first-order valence-corrected chi connectivity index (χ1v) is 6.25. The minimum atomic E-state index is -4.64. The van der Waals surface area contributed by atoms with E-state index in [1.54, 1.807) is 12.1 Å². The molecule has 1 aliphatic heterocycles. The topological polar surface area (TPSA) is 38.5 Å². The second kappa shape index (κ2) is 6.95. The summed E-state index contributed by atoms with van der Waals surface area (Å²) < 4.78 is 40.3. The number of hydrogen-bond acceptors (Lipinski definition) is 3. The van der Waals surface area contributed by atoms with Gasteiger partial charge in [-0.1, -0.05) is 19.6 Å². The lowest BCUT2D eigenvalue weighted by Crippen LogP contribution is -2.39. The summed E-state index contributed by atoms with van der Waals surface area (Å²) >= 11 is 0. The highest BCUT2D eigenvalue weighted by Gasteiger charge is 2.31. The summed E-state index contributed by atoms with van der Waals surface area (Å²) in [6, 6.07) is 6.37. The molecule has 0 amide bonds. The van der Waals surface area contributed by atoms with Crippen molar-refractivity contribution < 1.29 is 17.9 Å². The van der Waals surface area contributed by atoms with E-state index in [0.29, 0.717) is 6.54 Å². The molecule has 0 radical (unpaired) electrons. The van der Waals surface area contributed by atoms with Crippen LogP contribution >= 0.6 is 0 Å². The molecule has 0 unspecified atom stereocenters. The van der Waals surface area contributed by atoms with Gasteiger partial charge in [0.15, 0.2) is 0 Å². The first kappa shape index (κ1) is 16.8. The molecular formula is C14H21F3N2O. The highest BCUT2D eigenvalue weighted by atomic mass is 19.4. The predicted octanol–water partition coefficient (Wildman–Crippen LogP) is 3.14. The predicted molar refractivity (Wildman–Crippen MR) is 72.3 cm³/mol. The van der Waals surface area contributed by atoms with Crippen LogP contribution in [0, 0.1) is 0 Å². The Morgan fingerprint density at radius 2 is 1.90 bits per heavy atom. The Morgan fingerprint density at radius 3 is 2.50 bits per heavy atom. The Labute approximate surface area is 117 Å². The van der Waals surface area contributed by atoms with Gasteiger partial charge in [-0.15, -0.1) is 13.2 Å². The van der Waals surface area contributed by atoms with Crippen LogP contribution in [0.2, 0.25) is 0 Å². The van der Waals surface area contributed by atoms with E-state index in [4.69, 9.17) is 5.73 Å². The van der Waals surface area contributed by atoms with Crippen LogP contribution in [0.1, 0.15) is 25.8 Å². The molecule has 0 spiro atoms. The summed E-state index contributed by atoms with van der Waals surface area (Å²) in [6.07, 6.45) is -2.78. The Morgan fingerprint density at radius 1 is 1.25 bits per heavy atom. The van der Waals surface area contributed by atoms with E-state index >= 15 is 0 Å². The van der Waals surface area contributed by atoms with Crippen LogP contribution in [0.5, 0.6) is 5.75 Å². The summed E-state index contributed by atoms with van der Waals surface area (Å²) in [6.45, 7) is 2.39. The lowest BCUT2D eigenvalue weighted by molar-refractivity contribution is -0.274. The maximum Gasteiger partial charge on any atom is 0.573 e. The standard InChI is InChI=1S/C13H17F3N2O.CH4/c14-13(15,16)19-12-3-1-2-10(8-12)9-18-6-4-11(17)5-7-18;/h1-3,8,11H,4-7,9,17H2;1H4. The lowest BCUT2D eigenvalue weighted by atomic mass is 10.1. The van der Waals surface area contributed by atoms with Crippen molar-refractivity contribution in [3.63, 3.8) is 0 Å². The van der Waals surface area contributed by atoms with E-state index in [9.17, 15) is 13.2 Å². The van der Waals surface area contributed by atoms with Crippen molar-refractivity contribution in [1.29, 1.82) is 0 Å². The molecule has 1 saturated heterocycles.